The highest BCUT2D eigenvalue weighted by atomic mass is 15.5. The molecule has 0 spiro atoms. The number of nitrogens with zero attached hydrogens (tertiary/aromatic N) is 4. The summed E-state index contributed by atoms with van der Waals surface area (Å²) in [5.41, 5.74) is 6.25. The van der Waals surface area contributed by atoms with Crippen LogP contribution in [0.25, 0.3) is 0 Å². The molecule has 0 atom stereocenters. The normalized spacial score (nSPS) is 14.0. The number of rotatable bonds is 6. The lowest BCUT2D eigenvalue weighted by molar-refractivity contribution is 0.199. The fourth-order valence-corrected chi connectivity index (χ4v) is 5.46. The fourth-order valence-electron chi connectivity index (χ4n) is 5.46. The molecule has 0 amide bonds. The highest BCUT2D eigenvalue weighted by molar-refractivity contribution is 5.47. The van der Waals surface area contributed by atoms with Crippen molar-refractivity contribution < 1.29 is 0 Å². The molecule has 4 nitrogen and oxygen atoms in total. The van der Waals surface area contributed by atoms with Gasteiger partial charge in [0, 0.05) is 17.3 Å². The maximum atomic E-state index is 5.03. The first kappa shape index (κ1) is 21.2. The zero-order chi connectivity index (χ0) is 23.0. The summed E-state index contributed by atoms with van der Waals surface area (Å²) in [4.78, 5) is 0. The van der Waals surface area contributed by atoms with Gasteiger partial charge in [0.25, 0.3) is 0 Å². The van der Waals surface area contributed by atoms with Gasteiger partial charge in [0.2, 0.25) is 0 Å². The first-order chi connectivity index (χ1) is 16.0. The highest BCUT2D eigenvalue weighted by Crippen LogP contribution is 2.51. The largest absolute Gasteiger partial charge is 0.244 e. The van der Waals surface area contributed by atoms with E-state index in [1.165, 1.54) is 11.1 Å². The lowest BCUT2D eigenvalue weighted by Gasteiger charge is -2.45. The number of hydrogen-bond donors (Lipinski definition) is 0. The van der Waals surface area contributed by atoms with E-state index in [0.717, 1.165) is 22.8 Å². The molecule has 1 aliphatic rings. The van der Waals surface area contributed by atoms with E-state index in [9.17, 15) is 0 Å². The van der Waals surface area contributed by atoms with Crippen LogP contribution in [0.4, 0.5) is 0 Å². The van der Waals surface area contributed by atoms with E-state index in [1.54, 1.807) is 0 Å². The van der Waals surface area contributed by atoms with Crippen molar-refractivity contribution in [2.24, 2.45) is 5.92 Å². The summed E-state index contributed by atoms with van der Waals surface area (Å²) in [6.07, 6.45) is 8.73. The predicted molar refractivity (Wildman–Crippen MR) is 133 cm³/mol. The van der Waals surface area contributed by atoms with Crippen LogP contribution in [-0.4, -0.2) is 19.6 Å². The summed E-state index contributed by atoms with van der Waals surface area (Å²) in [7, 11) is 0. The van der Waals surface area contributed by atoms with Crippen LogP contribution in [0.15, 0.2) is 97.1 Å². The maximum absolute atomic E-state index is 5.03. The van der Waals surface area contributed by atoms with Gasteiger partial charge in [-0.15, -0.1) is 0 Å². The summed E-state index contributed by atoms with van der Waals surface area (Å²) in [6, 6.07) is 26.0. The van der Waals surface area contributed by atoms with E-state index in [2.05, 4.69) is 134 Å². The Bertz CT molecular complexity index is 1210. The molecule has 2 aromatic carbocycles. The second-order valence-electron chi connectivity index (χ2n) is 9.01. The number of aryl methyl sites for hydroxylation is 4. The minimum atomic E-state index is -0.474. The predicted octanol–water partition coefficient (Wildman–Crippen LogP) is 6.09. The maximum Gasteiger partial charge on any atom is 0.158 e. The Labute approximate surface area is 195 Å². The molecule has 0 saturated carbocycles. The molecule has 33 heavy (non-hydrogen) atoms. The van der Waals surface area contributed by atoms with E-state index in [-0.39, 0.29) is 12.1 Å². The number of benzene rings is 2. The molecule has 4 aromatic rings. The van der Waals surface area contributed by atoms with E-state index in [0.29, 0.717) is 0 Å². The van der Waals surface area contributed by atoms with Crippen LogP contribution in [0.3, 0.4) is 0 Å². The summed E-state index contributed by atoms with van der Waals surface area (Å²) >= 11 is 0. The lowest BCUT2D eigenvalue weighted by Crippen LogP contribution is -2.48. The van der Waals surface area contributed by atoms with Crippen LogP contribution in [-0.2, 0) is 5.41 Å². The lowest BCUT2D eigenvalue weighted by atomic mass is 9.63. The molecule has 0 bridgehead atoms. The molecule has 2 heterocycles. The minimum Gasteiger partial charge on any atom is -0.244 e. The summed E-state index contributed by atoms with van der Waals surface area (Å²) in [6.45, 7) is 8.40. The monoisotopic (exact) mass is 434 g/mol. The van der Waals surface area contributed by atoms with Crippen molar-refractivity contribution in [2.45, 2.75) is 39.3 Å². The Morgan fingerprint density at radius 3 is 1.45 bits per heavy atom. The van der Waals surface area contributed by atoms with Gasteiger partial charge in [-0.25, -0.2) is 9.36 Å². The highest BCUT2D eigenvalue weighted by Gasteiger charge is 2.50. The number of allylic oxidation sites excluding steroid dienone is 4. The quantitative estimate of drug-likeness (QED) is 0.368. The van der Waals surface area contributed by atoms with E-state index in [1.807, 2.05) is 0 Å². The fraction of sp³-hybridized carbons (Fsp3) is 0.241. The summed E-state index contributed by atoms with van der Waals surface area (Å²) in [5.74, 6) is 0.125. The average molecular weight is 435 g/mol. The second-order valence-corrected chi connectivity index (χ2v) is 9.01. The molecule has 5 rings (SSSR count). The van der Waals surface area contributed by atoms with Crippen molar-refractivity contribution in [3.63, 3.8) is 0 Å². The molecule has 0 N–H and O–H groups in total. The van der Waals surface area contributed by atoms with Gasteiger partial charge in [-0.1, -0.05) is 85.0 Å². The van der Waals surface area contributed by atoms with Gasteiger partial charge < -0.3 is 0 Å². The molecule has 0 fully saturated rings. The van der Waals surface area contributed by atoms with Crippen molar-refractivity contribution >= 4 is 0 Å². The van der Waals surface area contributed by atoms with Gasteiger partial charge in [0.1, 0.15) is 0 Å². The summed E-state index contributed by atoms with van der Waals surface area (Å²) < 4.78 is 4.35. The first-order valence-corrected chi connectivity index (χ1v) is 11.5. The van der Waals surface area contributed by atoms with Crippen LogP contribution in [0, 0.1) is 33.6 Å². The van der Waals surface area contributed by atoms with Crippen LogP contribution in [0.5, 0.6) is 0 Å². The van der Waals surface area contributed by atoms with Crippen LogP contribution < -0.4 is 0 Å². The van der Waals surface area contributed by atoms with Crippen LogP contribution >= 0.6 is 0 Å². The molecule has 2 aromatic heterocycles. The van der Waals surface area contributed by atoms with Crippen molar-refractivity contribution in [2.75, 3.05) is 0 Å². The van der Waals surface area contributed by atoms with Gasteiger partial charge in [-0.3, -0.25) is 0 Å². The smallest absolute Gasteiger partial charge is 0.158 e. The van der Waals surface area contributed by atoms with Gasteiger partial charge >= 0.3 is 0 Å². The first-order valence-electron chi connectivity index (χ1n) is 11.5. The van der Waals surface area contributed by atoms with Gasteiger partial charge in [0.15, 0.2) is 6.17 Å². The SMILES string of the molecule is Cc1cc(C)n(C(n2nc(C)cc2C)C(c2ccccc2)(c2ccccc2)C2C=CC=C2)n1. The number of hydrogen-bond acceptors (Lipinski definition) is 2. The van der Waals surface area contributed by atoms with Gasteiger partial charge in [-0.2, -0.15) is 10.2 Å². The molecule has 0 unspecified atom stereocenters. The van der Waals surface area contributed by atoms with Crippen LogP contribution in [0.2, 0.25) is 0 Å². The molecule has 1 aliphatic carbocycles. The molecular weight excluding hydrogens is 404 g/mol. The molecule has 0 radical (unpaired) electrons. The Morgan fingerprint density at radius 2 is 1.09 bits per heavy atom. The Kier molecular flexibility index (Phi) is 5.37. The van der Waals surface area contributed by atoms with E-state index in [4.69, 9.17) is 10.2 Å². The zero-order valence-electron chi connectivity index (χ0n) is 19.7. The third-order valence-corrected chi connectivity index (χ3v) is 6.74. The minimum absolute atomic E-state index is 0.125. The third kappa shape index (κ3) is 3.46. The van der Waals surface area contributed by atoms with Crippen LogP contribution in [0.1, 0.15) is 40.1 Å². The van der Waals surface area contributed by atoms with Crippen molar-refractivity contribution in [3.05, 3.63) is 131 Å². The molecule has 0 saturated heterocycles. The van der Waals surface area contributed by atoms with Crippen molar-refractivity contribution in [3.8, 4) is 0 Å². The standard InChI is InChI=1S/C29H30N4/c1-21-19-23(3)32(30-21)28(33-24(4)20-22(2)31-33)29(27-17-11-12-18-27,25-13-7-5-8-14-25)26-15-9-6-10-16-26/h5-20,27-28H,1-4H3. The number of aromatic nitrogens is 4. The molecule has 4 heteroatoms. The Morgan fingerprint density at radius 1 is 0.667 bits per heavy atom. The molecule has 0 aliphatic heterocycles. The zero-order valence-corrected chi connectivity index (χ0v) is 19.7. The Hall–Kier alpha value is -3.66. The third-order valence-electron chi connectivity index (χ3n) is 6.74. The average Bonchev–Trinajstić information content (AvgIpc) is 3.54. The topological polar surface area (TPSA) is 35.6 Å². The van der Waals surface area contributed by atoms with Gasteiger partial charge in [0.05, 0.1) is 16.8 Å². The van der Waals surface area contributed by atoms with E-state index >= 15 is 0 Å². The molecular formula is C29H30N4. The van der Waals surface area contributed by atoms with E-state index < -0.39 is 5.41 Å². The van der Waals surface area contributed by atoms with Gasteiger partial charge in [-0.05, 0) is 51.0 Å². The Balaban J connectivity index is 1.94. The van der Waals surface area contributed by atoms with Crippen molar-refractivity contribution in [1.29, 1.82) is 0 Å². The second kappa shape index (κ2) is 8.36. The molecule has 166 valence electrons. The summed E-state index contributed by atoms with van der Waals surface area (Å²) in [5, 5.41) is 10.1. The van der Waals surface area contributed by atoms with Crippen molar-refractivity contribution in [1.82, 2.24) is 19.6 Å².